The van der Waals surface area contributed by atoms with Gasteiger partial charge < -0.3 is 4.90 Å². The molecule has 2 unspecified atom stereocenters. The second kappa shape index (κ2) is 6.93. The van der Waals surface area contributed by atoms with Gasteiger partial charge in [0, 0.05) is 22.5 Å². The van der Waals surface area contributed by atoms with E-state index in [1.165, 1.54) is 28.3 Å². The lowest BCUT2D eigenvalue weighted by Crippen LogP contribution is -2.39. The highest BCUT2D eigenvalue weighted by molar-refractivity contribution is 7.92. The molecule has 1 amide bonds. The Morgan fingerprint density at radius 2 is 2.00 bits per heavy atom. The molecular weight excluding hydrogens is 382 g/mol. The lowest BCUT2D eigenvalue weighted by atomic mass is 10.1. The van der Waals surface area contributed by atoms with Crippen molar-refractivity contribution < 1.29 is 13.2 Å². The quantitative estimate of drug-likeness (QED) is 0.851. The second-order valence-corrected chi connectivity index (χ2v) is 8.89. The van der Waals surface area contributed by atoms with Gasteiger partial charge in [-0.3, -0.25) is 9.52 Å². The van der Waals surface area contributed by atoms with Crippen molar-refractivity contribution in [2.24, 2.45) is 0 Å². The van der Waals surface area contributed by atoms with Gasteiger partial charge in [0.15, 0.2) is 5.03 Å². The molecule has 1 fully saturated rings. The molecule has 25 heavy (non-hydrogen) atoms. The van der Waals surface area contributed by atoms with E-state index in [-0.39, 0.29) is 34.3 Å². The monoisotopic (exact) mass is 399 g/mol. The van der Waals surface area contributed by atoms with Crippen molar-refractivity contribution in [3.63, 3.8) is 0 Å². The van der Waals surface area contributed by atoms with Gasteiger partial charge in [-0.1, -0.05) is 11.6 Å². The highest BCUT2D eigenvalue weighted by Gasteiger charge is 2.33. The van der Waals surface area contributed by atoms with Crippen molar-refractivity contribution in [3.8, 4) is 0 Å². The van der Waals surface area contributed by atoms with E-state index in [1.54, 1.807) is 17.0 Å². The van der Waals surface area contributed by atoms with Crippen molar-refractivity contribution in [1.82, 2.24) is 9.88 Å². The summed E-state index contributed by atoms with van der Waals surface area (Å²) in [5.74, 6) is -0.204. The number of sulfonamides is 1. The molecule has 6 nitrogen and oxygen atoms in total. The van der Waals surface area contributed by atoms with Crippen molar-refractivity contribution in [3.05, 3.63) is 39.7 Å². The Morgan fingerprint density at radius 3 is 2.60 bits per heavy atom. The maximum atomic E-state index is 13.0. The summed E-state index contributed by atoms with van der Waals surface area (Å²) in [4.78, 5) is 18.6. The summed E-state index contributed by atoms with van der Waals surface area (Å²) in [6.07, 6.45) is 1.86. The Morgan fingerprint density at radius 1 is 1.32 bits per heavy atom. The van der Waals surface area contributed by atoms with Crippen molar-refractivity contribution in [2.45, 2.75) is 43.8 Å². The average molecular weight is 400 g/mol. The third-order valence-corrected chi connectivity index (χ3v) is 6.56. The Balaban J connectivity index is 1.98. The smallest absolute Gasteiger partial charge is 0.280 e. The van der Waals surface area contributed by atoms with Crippen LogP contribution in [0.25, 0.3) is 0 Å². The van der Waals surface area contributed by atoms with Gasteiger partial charge >= 0.3 is 0 Å². The summed E-state index contributed by atoms with van der Waals surface area (Å²) in [5.41, 5.74) is 1.88. The lowest BCUT2D eigenvalue weighted by Gasteiger charge is -2.27. The Bertz CT molecular complexity index is 874. The molecule has 9 heteroatoms. The molecule has 0 bridgehead atoms. The SMILES string of the molecule is CC1CCC(C)N1C(=O)c1ccc(Cl)cc1NS(=O)(=O)c1cscn1. The molecule has 1 aromatic heterocycles. The molecule has 2 heterocycles. The van der Waals surface area contributed by atoms with Crippen LogP contribution in [0.4, 0.5) is 5.69 Å². The van der Waals surface area contributed by atoms with Crippen LogP contribution in [0.15, 0.2) is 34.1 Å². The third-order valence-electron chi connectivity index (χ3n) is 4.33. The van der Waals surface area contributed by atoms with E-state index >= 15 is 0 Å². The standard InChI is InChI=1S/C16H18ClN3O3S2/c1-10-3-4-11(2)20(10)16(21)13-6-5-12(17)7-14(13)19-25(22,23)15-8-24-9-18-15/h5-11,19H,3-4H2,1-2H3. The first-order valence-electron chi connectivity index (χ1n) is 7.83. The number of hydrogen-bond acceptors (Lipinski definition) is 5. The summed E-state index contributed by atoms with van der Waals surface area (Å²) in [7, 11) is -3.87. The second-order valence-electron chi connectivity index (χ2n) is 6.11. The van der Waals surface area contributed by atoms with Gasteiger partial charge in [-0.25, -0.2) is 4.98 Å². The van der Waals surface area contributed by atoms with Gasteiger partial charge in [-0.15, -0.1) is 11.3 Å². The molecule has 1 aliphatic heterocycles. The summed E-state index contributed by atoms with van der Waals surface area (Å²) in [5, 5.41) is 1.69. The van der Waals surface area contributed by atoms with E-state index in [1.807, 2.05) is 13.8 Å². The number of nitrogens with zero attached hydrogens (tertiary/aromatic N) is 2. The highest BCUT2D eigenvalue weighted by atomic mass is 35.5. The van der Waals surface area contributed by atoms with E-state index < -0.39 is 10.0 Å². The summed E-state index contributed by atoms with van der Waals surface area (Å²) in [6, 6.07) is 4.81. The van der Waals surface area contributed by atoms with Gasteiger partial charge in [0.25, 0.3) is 15.9 Å². The number of benzene rings is 1. The molecule has 134 valence electrons. The van der Waals surface area contributed by atoms with Crippen LogP contribution in [0.2, 0.25) is 5.02 Å². The molecule has 0 radical (unpaired) electrons. The summed E-state index contributed by atoms with van der Waals surface area (Å²) < 4.78 is 27.4. The first-order valence-corrected chi connectivity index (χ1v) is 10.6. The predicted octanol–water partition coefficient (Wildman–Crippen LogP) is 3.61. The zero-order valence-corrected chi connectivity index (χ0v) is 16.2. The zero-order valence-electron chi connectivity index (χ0n) is 13.8. The number of carbonyl (C=O) groups excluding carboxylic acids is 1. The largest absolute Gasteiger partial charge is 0.333 e. The topological polar surface area (TPSA) is 79.4 Å². The first kappa shape index (κ1) is 18.2. The number of thiazole rings is 1. The zero-order chi connectivity index (χ0) is 18.2. The van der Waals surface area contributed by atoms with Gasteiger partial charge in [-0.2, -0.15) is 8.42 Å². The maximum Gasteiger partial charge on any atom is 0.280 e. The van der Waals surface area contributed by atoms with Gasteiger partial charge in [-0.05, 0) is 44.9 Å². The minimum Gasteiger partial charge on any atom is -0.333 e. The van der Waals surface area contributed by atoms with Crippen molar-refractivity contribution in [2.75, 3.05) is 4.72 Å². The molecule has 1 aliphatic rings. The molecule has 2 aromatic rings. The number of anilines is 1. The van der Waals surface area contributed by atoms with Crippen molar-refractivity contribution >= 4 is 44.6 Å². The van der Waals surface area contributed by atoms with Crippen molar-refractivity contribution in [1.29, 1.82) is 0 Å². The molecule has 1 saturated heterocycles. The van der Waals surface area contributed by atoms with Crippen LogP contribution in [-0.2, 0) is 10.0 Å². The van der Waals surface area contributed by atoms with Crippen LogP contribution < -0.4 is 4.72 Å². The Kier molecular flexibility index (Phi) is 5.04. The number of rotatable bonds is 4. The van der Waals surface area contributed by atoms with Crippen LogP contribution in [0, 0.1) is 0 Å². The van der Waals surface area contributed by atoms with Crippen LogP contribution >= 0.6 is 22.9 Å². The molecule has 0 aliphatic carbocycles. The average Bonchev–Trinajstić information content (AvgIpc) is 3.17. The molecule has 2 atom stereocenters. The van der Waals surface area contributed by atoms with Crippen LogP contribution in [0.3, 0.4) is 0 Å². The molecular formula is C16H18ClN3O3S2. The number of hydrogen-bond donors (Lipinski definition) is 1. The lowest BCUT2D eigenvalue weighted by molar-refractivity contribution is 0.0694. The predicted molar refractivity (Wildman–Crippen MR) is 98.7 cm³/mol. The molecule has 0 spiro atoms. The fourth-order valence-electron chi connectivity index (χ4n) is 3.05. The highest BCUT2D eigenvalue weighted by Crippen LogP contribution is 2.30. The minimum atomic E-state index is -3.87. The van der Waals surface area contributed by atoms with Crippen LogP contribution in [-0.4, -0.2) is 36.3 Å². The number of halogens is 1. The van der Waals surface area contributed by atoms with E-state index in [4.69, 9.17) is 11.6 Å². The third kappa shape index (κ3) is 3.65. The summed E-state index contributed by atoms with van der Waals surface area (Å²) >= 11 is 7.20. The van der Waals surface area contributed by atoms with E-state index in [2.05, 4.69) is 9.71 Å². The normalized spacial score (nSPS) is 20.7. The first-order chi connectivity index (χ1) is 11.8. The Hall–Kier alpha value is -1.64. The summed E-state index contributed by atoms with van der Waals surface area (Å²) in [6.45, 7) is 3.99. The molecule has 1 N–H and O–H groups in total. The van der Waals surface area contributed by atoms with E-state index in [0.717, 1.165) is 12.8 Å². The molecule has 3 rings (SSSR count). The van der Waals surface area contributed by atoms with Gasteiger partial charge in [0.2, 0.25) is 0 Å². The molecule has 0 saturated carbocycles. The number of likely N-dealkylation sites (tertiary alicyclic amines) is 1. The van der Waals surface area contributed by atoms with Crippen LogP contribution in [0.1, 0.15) is 37.0 Å². The number of nitrogens with one attached hydrogen (secondary N) is 1. The van der Waals surface area contributed by atoms with Crippen LogP contribution in [0.5, 0.6) is 0 Å². The Labute approximate surface area is 155 Å². The van der Waals surface area contributed by atoms with Gasteiger partial charge in [0.1, 0.15) is 0 Å². The fraction of sp³-hybridized carbons (Fsp3) is 0.375. The minimum absolute atomic E-state index is 0.0845. The number of carbonyl (C=O) groups is 1. The number of amides is 1. The maximum absolute atomic E-state index is 13.0. The molecule has 1 aromatic carbocycles. The van der Waals surface area contributed by atoms with Gasteiger partial charge in [0.05, 0.1) is 16.8 Å². The number of aromatic nitrogens is 1. The van der Waals surface area contributed by atoms with E-state index in [9.17, 15) is 13.2 Å². The van der Waals surface area contributed by atoms with E-state index in [0.29, 0.717) is 5.02 Å². The fourth-order valence-corrected chi connectivity index (χ4v) is 5.13.